The number of hydrogen-bond acceptors (Lipinski definition) is 6. The van der Waals surface area contributed by atoms with Crippen LogP contribution in [0.2, 0.25) is 5.02 Å². The zero-order valence-electron chi connectivity index (χ0n) is 24.5. The number of hydrogen-bond donors (Lipinski definition) is 3. The number of ether oxygens (including phenoxy) is 2. The first kappa shape index (κ1) is 31.3. The summed E-state index contributed by atoms with van der Waals surface area (Å²) in [6, 6.07) is 20.8. The topological polar surface area (TPSA) is 100 Å². The van der Waals surface area contributed by atoms with E-state index in [2.05, 4.69) is 10.6 Å². The van der Waals surface area contributed by atoms with Crippen LogP contribution in [0.5, 0.6) is 5.75 Å². The predicted octanol–water partition coefficient (Wildman–Crippen LogP) is 5.61. The van der Waals surface area contributed by atoms with Gasteiger partial charge in [0.1, 0.15) is 5.75 Å². The highest BCUT2D eigenvalue weighted by atomic mass is 35.5. The van der Waals surface area contributed by atoms with E-state index in [0.29, 0.717) is 54.4 Å². The maximum Gasteiger partial charge on any atom is 0.406 e. The summed E-state index contributed by atoms with van der Waals surface area (Å²) in [6.45, 7) is 2.07. The zero-order chi connectivity index (χ0) is 30.1. The molecule has 0 aromatic heterocycles. The van der Waals surface area contributed by atoms with E-state index in [1.165, 1.54) is 7.11 Å². The summed E-state index contributed by atoms with van der Waals surface area (Å²) in [7, 11) is 4.82. The van der Waals surface area contributed by atoms with E-state index in [1.807, 2.05) is 78.7 Å². The van der Waals surface area contributed by atoms with Gasteiger partial charge in [-0.25, -0.2) is 4.79 Å². The van der Waals surface area contributed by atoms with E-state index < -0.39 is 11.7 Å². The van der Waals surface area contributed by atoms with Gasteiger partial charge < -0.3 is 30.1 Å². The Bertz CT molecular complexity index is 1370. The maximum absolute atomic E-state index is 13.6. The molecule has 4 rings (SSSR count). The Balaban J connectivity index is 1.69. The number of likely N-dealkylation sites (tertiary alicyclic amines) is 1. The molecule has 0 saturated carbocycles. The maximum atomic E-state index is 13.6. The molecule has 224 valence electrons. The summed E-state index contributed by atoms with van der Waals surface area (Å²) in [5.41, 5.74) is 2.64. The molecule has 1 saturated heterocycles. The number of aliphatic hydroxyl groups is 1. The van der Waals surface area contributed by atoms with Crippen molar-refractivity contribution in [1.29, 1.82) is 0 Å². The van der Waals surface area contributed by atoms with Gasteiger partial charge in [0.2, 0.25) is 0 Å². The molecule has 8 nitrogen and oxygen atoms in total. The Labute approximate surface area is 253 Å². The monoisotopic (exact) mass is 593 g/mol. The average Bonchev–Trinajstić information content (AvgIpc) is 3.03. The van der Waals surface area contributed by atoms with Gasteiger partial charge in [0.15, 0.2) is 0 Å². The Morgan fingerprint density at radius 3 is 2.57 bits per heavy atom. The second kappa shape index (κ2) is 14.5. The Morgan fingerprint density at radius 2 is 1.86 bits per heavy atom. The molecule has 3 N–H and O–H groups in total. The Kier molecular flexibility index (Phi) is 10.8. The third kappa shape index (κ3) is 7.24. The fourth-order valence-corrected chi connectivity index (χ4v) is 6.12. The predicted molar refractivity (Wildman–Crippen MR) is 165 cm³/mol. The van der Waals surface area contributed by atoms with Crippen molar-refractivity contribution < 1.29 is 24.2 Å². The largest absolute Gasteiger partial charge is 0.497 e. The van der Waals surface area contributed by atoms with Gasteiger partial charge >= 0.3 is 6.09 Å². The molecule has 42 heavy (non-hydrogen) atoms. The summed E-state index contributed by atoms with van der Waals surface area (Å²) in [5, 5.41) is 19.1. The summed E-state index contributed by atoms with van der Waals surface area (Å²) >= 11 is 6.83. The van der Waals surface area contributed by atoms with Gasteiger partial charge in [0.05, 0.1) is 19.8 Å². The van der Waals surface area contributed by atoms with E-state index in [0.717, 1.165) is 36.1 Å². The molecular weight excluding hydrogens is 554 g/mol. The molecule has 1 heterocycles. The third-order valence-electron chi connectivity index (χ3n) is 7.99. The van der Waals surface area contributed by atoms with Gasteiger partial charge in [0.25, 0.3) is 5.91 Å². The van der Waals surface area contributed by atoms with Crippen LogP contribution in [-0.4, -0.2) is 62.9 Å². The van der Waals surface area contributed by atoms with Crippen LogP contribution in [0.1, 0.15) is 47.2 Å². The number of methoxy groups -OCH3 is 2. The van der Waals surface area contributed by atoms with Crippen LogP contribution >= 0.6 is 11.6 Å². The number of carbonyl (C=O) groups is 2. The standard InChI is InChI=1S/C33H40ClN3O5/c1-35-21-23-13-15-24(16-14-23)31(38)37-19-6-9-26(22-37)33(40,17-7-18-36-32(39)42-3)28-11-5-12-29(34)30(28)25-8-4-10-27(20-25)41-2/h4-5,8,10-16,20,26,35,40H,6-7,9,17-19,21-22H2,1-3H3,(H,36,39)/t26?,33-/m1/s1. The van der Waals surface area contributed by atoms with Gasteiger partial charge in [-0.15, -0.1) is 0 Å². The van der Waals surface area contributed by atoms with Crippen molar-refractivity contribution in [2.45, 2.75) is 37.8 Å². The van der Waals surface area contributed by atoms with Gasteiger partial charge in [-0.2, -0.15) is 0 Å². The van der Waals surface area contributed by atoms with Crippen LogP contribution in [0.3, 0.4) is 0 Å². The molecule has 1 fully saturated rings. The molecular formula is C33H40ClN3O5. The van der Waals surface area contributed by atoms with Crippen LogP contribution in [0.4, 0.5) is 4.79 Å². The van der Waals surface area contributed by atoms with Gasteiger partial charge in [0, 0.05) is 48.2 Å². The quantitative estimate of drug-likeness (QED) is 0.250. The molecule has 9 heteroatoms. The first-order valence-corrected chi connectivity index (χ1v) is 14.7. The second-order valence-corrected chi connectivity index (χ2v) is 11.1. The minimum atomic E-state index is -1.34. The highest BCUT2D eigenvalue weighted by Gasteiger charge is 2.43. The highest BCUT2D eigenvalue weighted by molar-refractivity contribution is 6.33. The van der Waals surface area contributed by atoms with Crippen molar-refractivity contribution >= 4 is 23.6 Å². The molecule has 1 aliphatic rings. The normalized spacial score (nSPS) is 16.4. The second-order valence-electron chi connectivity index (χ2n) is 10.7. The van der Waals surface area contributed by atoms with Crippen molar-refractivity contribution in [3.05, 3.63) is 88.4 Å². The zero-order valence-corrected chi connectivity index (χ0v) is 25.2. The number of nitrogens with one attached hydrogen (secondary N) is 2. The lowest BCUT2D eigenvalue weighted by Crippen LogP contribution is -2.48. The number of benzene rings is 3. The molecule has 0 radical (unpaired) electrons. The summed E-state index contributed by atoms with van der Waals surface area (Å²) in [5.74, 6) is 0.364. The van der Waals surface area contributed by atoms with Gasteiger partial charge in [-0.05, 0) is 79.8 Å². The summed E-state index contributed by atoms with van der Waals surface area (Å²) < 4.78 is 10.2. The van der Waals surface area contributed by atoms with E-state index in [9.17, 15) is 14.7 Å². The van der Waals surface area contributed by atoms with Crippen LogP contribution < -0.4 is 15.4 Å². The highest BCUT2D eigenvalue weighted by Crippen LogP contribution is 2.46. The third-order valence-corrected chi connectivity index (χ3v) is 8.31. The molecule has 0 spiro atoms. The van der Waals surface area contributed by atoms with Crippen molar-refractivity contribution in [1.82, 2.24) is 15.5 Å². The van der Waals surface area contributed by atoms with E-state index in [1.54, 1.807) is 7.11 Å². The number of carbonyl (C=O) groups excluding carboxylic acids is 2. The molecule has 1 aliphatic heterocycles. The van der Waals surface area contributed by atoms with E-state index in [4.69, 9.17) is 21.1 Å². The number of nitrogens with zero attached hydrogens (tertiary/aromatic N) is 1. The smallest absolute Gasteiger partial charge is 0.406 e. The van der Waals surface area contributed by atoms with E-state index in [-0.39, 0.29) is 11.8 Å². The first-order valence-electron chi connectivity index (χ1n) is 14.3. The van der Waals surface area contributed by atoms with E-state index >= 15 is 0 Å². The molecule has 0 aliphatic carbocycles. The minimum absolute atomic E-state index is 0.0514. The number of piperidine rings is 1. The summed E-state index contributed by atoms with van der Waals surface area (Å²) in [4.78, 5) is 27.1. The number of amides is 2. The van der Waals surface area contributed by atoms with Crippen LogP contribution in [0, 0.1) is 5.92 Å². The Morgan fingerprint density at radius 1 is 1.10 bits per heavy atom. The van der Waals surface area contributed by atoms with Crippen molar-refractivity contribution in [2.75, 3.05) is 40.9 Å². The fraction of sp³-hybridized carbons (Fsp3) is 0.394. The lowest BCUT2D eigenvalue weighted by molar-refractivity contribution is -0.0563. The molecule has 3 aromatic carbocycles. The summed E-state index contributed by atoms with van der Waals surface area (Å²) in [6.07, 6.45) is 1.81. The minimum Gasteiger partial charge on any atom is -0.497 e. The number of rotatable bonds is 11. The fourth-order valence-electron chi connectivity index (χ4n) is 5.84. The van der Waals surface area contributed by atoms with Gasteiger partial charge in [-0.1, -0.05) is 48.0 Å². The van der Waals surface area contributed by atoms with Crippen LogP contribution in [0.15, 0.2) is 66.7 Å². The lowest BCUT2D eigenvalue weighted by Gasteiger charge is -2.44. The van der Waals surface area contributed by atoms with Crippen molar-refractivity contribution in [3.8, 4) is 16.9 Å². The Hall–Kier alpha value is -3.59. The lowest BCUT2D eigenvalue weighted by atomic mass is 9.72. The molecule has 0 bridgehead atoms. The molecule has 1 unspecified atom stereocenters. The van der Waals surface area contributed by atoms with Crippen LogP contribution in [0.25, 0.3) is 11.1 Å². The van der Waals surface area contributed by atoms with Crippen LogP contribution in [-0.2, 0) is 16.9 Å². The number of alkyl carbamates (subject to hydrolysis) is 1. The molecule has 2 atom stereocenters. The molecule has 2 amide bonds. The SMILES string of the molecule is CNCc1ccc(C(=O)N2CCCC([C@](O)(CCCNC(=O)OC)c3cccc(Cl)c3-c3cccc(OC)c3)C2)cc1. The number of halogens is 1. The van der Waals surface area contributed by atoms with Gasteiger partial charge in [-0.3, -0.25) is 4.79 Å². The average molecular weight is 594 g/mol. The molecule has 3 aromatic rings. The van der Waals surface area contributed by atoms with Crippen molar-refractivity contribution in [2.24, 2.45) is 5.92 Å². The van der Waals surface area contributed by atoms with Crippen molar-refractivity contribution in [3.63, 3.8) is 0 Å². The first-order chi connectivity index (χ1) is 20.3.